The van der Waals surface area contributed by atoms with Gasteiger partial charge in [0.1, 0.15) is 5.69 Å². The molecule has 1 aromatic heterocycles. The molecule has 0 saturated carbocycles. The van der Waals surface area contributed by atoms with Crippen LogP contribution in [0.5, 0.6) is 0 Å². The van der Waals surface area contributed by atoms with Gasteiger partial charge >= 0.3 is 0 Å². The molecular weight excluding hydrogens is 230 g/mol. The molecule has 2 N–H and O–H groups in total. The van der Waals surface area contributed by atoms with E-state index in [0.717, 1.165) is 25.0 Å². The van der Waals surface area contributed by atoms with Crippen LogP contribution >= 0.6 is 0 Å². The van der Waals surface area contributed by atoms with Gasteiger partial charge in [-0.15, -0.1) is 0 Å². The molecule has 1 amide bonds. The van der Waals surface area contributed by atoms with Crippen molar-refractivity contribution >= 4 is 5.91 Å². The van der Waals surface area contributed by atoms with E-state index < -0.39 is 0 Å². The first-order valence-corrected chi connectivity index (χ1v) is 6.50. The molecule has 0 spiro atoms. The Labute approximate surface area is 108 Å². The van der Waals surface area contributed by atoms with Gasteiger partial charge in [0.15, 0.2) is 0 Å². The Morgan fingerprint density at radius 1 is 1.61 bits per heavy atom. The van der Waals surface area contributed by atoms with E-state index in [2.05, 4.69) is 10.4 Å². The first-order chi connectivity index (χ1) is 8.58. The summed E-state index contributed by atoms with van der Waals surface area (Å²) >= 11 is 0. The van der Waals surface area contributed by atoms with Crippen molar-refractivity contribution in [3.63, 3.8) is 0 Å². The fourth-order valence-corrected chi connectivity index (χ4v) is 1.75. The van der Waals surface area contributed by atoms with Crippen LogP contribution in [0.3, 0.4) is 0 Å². The Kier molecular flexibility index (Phi) is 5.85. The van der Waals surface area contributed by atoms with Gasteiger partial charge in [0.25, 0.3) is 5.91 Å². The molecule has 1 rings (SSSR count). The lowest BCUT2D eigenvalue weighted by atomic mass is 10.1. The minimum atomic E-state index is -0.0821. The van der Waals surface area contributed by atoms with Crippen molar-refractivity contribution in [2.24, 2.45) is 13.0 Å². The second-order valence-corrected chi connectivity index (χ2v) is 4.68. The van der Waals surface area contributed by atoms with Crippen LogP contribution in [0.1, 0.15) is 42.9 Å². The highest BCUT2D eigenvalue weighted by Crippen LogP contribution is 2.05. The van der Waals surface area contributed by atoms with E-state index >= 15 is 0 Å². The zero-order chi connectivity index (χ0) is 13.5. The van der Waals surface area contributed by atoms with Crippen molar-refractivity contribution in [3.8, 4) is 0 Å². The van der Waals surface area contributed by atoms with E-state index in [0.29, 0.717) is 18.2 Å². The molecule has 102 valence electrons. The van der Waals surface area contributed by atoms with Crippen LogP contribution in [-0.4, -0.2) is 33.9 Å². The number of nitrogens with zero attached hydrogens (tertiary/aromatic N) is 2. The fourth-order valence-electron chi connectivity index (χ4n) is 1.75. The molecule has 1 aromatic rings. The lowest BCUT2D eigenvalue weighted by Crippen LogP contribution is -2.26. The third kappa shape index (κ3) is 4.14. The van der Waals surface area contributed by atoms with Gasteiger partial charge in [-0.3, -0.25) is 9.48 Å². The lowest BCUT2D eigenvalue weighted by molar-refractivity contribution is 0.0942. The number of aliphatic hydroxyl groups excluding tert-OH is 1. The van der Waals surface area contributed by atoms with Gasteiger partial charge in [0, 0.05) is 20.2 Å². The molecule has 0 saturated heterocycles. The van der Waals surface area contributed by atoms with Crippen molar-refractivity contribution in [1.82, 2.24) is 15.1 Å². The summed E-state index contributed by atoms with van der Waals surface area (Å²) in [7, 11) is 1.78. The Morgan fingerprint density at radius 3 is 2.89 bits per heavy atom. The summed E-state index contributed by atoms with van der Waals surface area (Å²) in [4.78, 5) is 11.9. The maximum atomic E-state index is 11.9. The molecule has 1 atom stereocenters. The zero-order valence-electron chi connectivity index (χ0n) is 11.4. The maximum Gasteiger partial charge on any atom is 0.269 e. The van der Waals surface area contributed by atoms with E-state index in [-0.39, 0.29) is 12.5 Å². The normalized spacial score (nSPS) is 12.4. The van der Waals surface area contributed by atoms with Crippen molar-refractivity contribution in [2.45, 2.75) is 33.1 Å². The molecule has 0 fully saturated rings. The van der Waals surface area contributed by atoms with Gasteiger partial charge in [0.2, 0.25) is 0 Å². The van der Waals surface area contributed by atoms with Crippen LogP contribution in [0.15, 0.2) is 6.07 Å². The van der Waals surface area contributed by atoms with Crippen molar-refractivity contribution in [3.05, 3.63) is 17.5 Å². The van der Waals surface area contributed by atoms with Crippen LogP contribution in [0.25, 0.3) is 0 Å². The zero-order valence-corrected chi connectivity index (χ0v) is 11.4. The molecule has 18 heavy (non-hydrogen) atoms. The lowest BCUT2D eigenvalue weighted by Gasteiger charge is -2.08. The molecule has 0 aliphatic rings. The Bertz CT molecular complexity index is 388. The van der Waals surface area contributed by atoms with E-state index in [1.54, 1.807) is 11.7 Å². The Morgan fingerprint density at radius 2 is 2.33 bits per heavy atom. The number of carbonyl (C=O) groups is 1. The molecular formula is C13H23N3O2. The number of aliphatic hydroxyl groups is 1. The second kappa shape index (κ2) is 7.16. The minimum absolute atomic E-state index is 0.0821. The third-order valence-electron chi connectivity index (χ3n) is 3.00. The summed E-state index contributed by atoms with van der Waals surface area (Å²) in [6, 6.07) is 1.83. The molecule has 0 aliphatic heterocycles. The van der Waals surface area contributed by atoms with E-state index in [1.807, 2.05) is 19.9 Å². The van der Waals surface area contributed by atoms with Crippen LogP contribution in [0, 0.1) is 5.92 Å². The van der Waals surface area contributed by atoms with Crippen LogP contribution in [0.4, 0.5) is 0 Å². The molecule has 0 radical (unpaired) electrons. The summed E-state index contributed by atoms with van der Waals surface area (Å²) in [6.07, 6.45) is 2.63. The van der Waals surface area contributed by atoms with Crippen molar-refractivity contribution in [1.29, 1.82) is 0 Å². The number of amides is 1. The molecule has 5 heteroatoms. The number of carbonyl (C=O) groups excluding carboxylic acids is 1. The summed E-state index contributed by atoms with van der Waals surface area (Å²) in [5.41, 5.74) is 1.53. The quantitative estimate of drug-likeness (QED) is 0.716. The predicted octanol–water partition coefficient (Wildman–Crippen LogP) is 1.12. The largest absolute Gasteiger partial charge is 0.396 e. The van der Waals surface area contributed by atoms with Crippen LogP contribution < -0.4 is 5.32 Å². The second-order valence-electron chi connectivity index (χ2n) is 4.68. The molecule has 0 aromatic carbocycles. The number of aromatic nitrogens is 2. The molecule has 0 aliphatic carbocycles. The van der Waals surface area contributed by atoms with Gasteiger partial charge < -0.3 is 10.4 Å². The van der Waals surface area contributed by atoms with Crippen LogP contribution in [0.2, 0.25) is 0 Å². The fraction of sp³-hybridized carbons (Fsp3) is 0.692. The van der Waals surface area contributed by atoms with Crippen LogP contribution in [-0.2, 0) is 13.5 Å². The first kappa shape index (κ1) is 14.7. The minimum Gasteiger partial charge on any atom is -0.396 e. The van der Waals surface area contributed by atoms with Crippen molar-refractivity contribution in [2.75, 3.05) is 13.2 Å². The Balaban J connectivity index is 2.38. The topological polar surface area (TPSA) is 67.2 Å². The highest BCUT2D eigenvalue weighted by atomic mass is 16.3. The highest BCUT2D eigenvalue weighted by Gasteiger charge is 2.11. The molecule has 1 heterocycles. The SMILES string of the molecule is CCc1cc(C(=O)NCCCC(C)CO)n(C)n1. The maximum absolute atomic E-state index is 11.9. The highest BCUT2D eigenvalue weighted by molar-refractivity contribution is 5.92. The average Bonchev–Trinajstić information content (AvgIpc) is 2.75. The predicted molar refractivity (Wildman–Crippen MR) is 70.4 cm³/mol. The third-order valence-corrected chi connectivity index (χ3v) is 3.00. The standard InChI is InChI=1S/C13H23N3O2/c1-4-11-8-12(16(3)15-11)13(18)14-7-5-6-10(2)9-17/h8,10,17H,4-7,9H2,1-3H3,(H,14,18). The average molecular weight is 253 g/mol. The van der Waals surface area contributed by atoms with Gasteiger partial charge in [-0.25, -0.2) is 0 Å². The molecule has 5 nitrogen and oxygen atoms in total. The summed E-state index contributed by atoms with van der Waals surface area (Å²) in [6.45, 7) is 4.85. The van der Waals surface area contributed by atoms with E-state index in [1.165, 1.54) is 0 Å². The summed E-state index contributed by atoms with van der Waals surface area (Å²) in [5.74, 6) is 0.214. The van der Waals surface area contributed by atoms with Gasteiger partial charge in [-0.2, -0.15) is 5.10 Å². The van der Waals surface area contributed by atoms with E-state index in [9.17, 15) is 4.79 Å². The number of aryl methyl sites for hydroxylation is 2. The van der Waals surface area contributed by atoms with Gasteiger partial charge in [0.05, 0.1) is 5.69 Å². The summed E-state index contributed by atoms with van der Waals surface area (Å²) < 4.78 is 1.62. The van der Waals surface area contributed by atoms with E-state index in [4.69, 9.17) is 5.11 Å². The summed E-state index contributed by atoms with van der Waals surface area (Å²) in [5, 5.41) is 16.0. The first-order valence-electron chi connectivity index (χ1n) is 6.50. The van der Waals surface area contributed by atoms with Crippen molar-refractivity contribution < 1.29 is 9.90 Å². The Hall–Kier alpha value is -1.36. The number of nitrogens with one attached hydrogen (secondary N) is 1. The van der Waals surface area contributed by atoms with Gasteiger partial charge in [-0.1, -0.05) is 13.8 Å². The van der Waals surface area contributed by atoms with Gasteiger partial charge in [-0.05, 0) is 31.2 Å². The monoisotopic (exact) mass is 253 g/mol. The number of hydrogen-bond acceptors (Lipinski definition) is 3. The number of rotatable bonds is 7. The molecule has 1 unspecified atom stereocenters. The smallest absolute Gasteiger partial charge is 0.269 e. The molecule has 0 bridgehead atoms. The number of hydrogen-bond donors (Lipinski definition) is 2.